The van der Waals surface area contributed by atoms with Crippen LogP contribution in [0.25, 0.3) is 5.69 Å². The lowest BCUT2D eigenvalue weighted by Crippen LogP contribution is -2.13. The number of carbonyl (C=O) groups excluding carboxylic acids is 1. The molecule has 0 aliphatic carbocycles. The van der Waals surface area contributed by atoms with Crippen LogP contribution in [0.2, 0.25) is 0 Å². The van der Waals surface area contributed by atoms with E-state index in [1.165, 1.54) is 35.3 Å². The van der Waals surface area contributed by atoms with E-state index in [0.29, 0.717) is 11.4 Å². The zero-order valence-electron chi connectivity index (χ0n) is 13.1. The second-order valence-electron chi connectivity index (χ2n) is 5.12. The summed E-state index contributed by atoms with van der Waals surface area (Å²) < 4.78 is 30.3. The Bertz CT molecular complexity index is 884. The summed E-state index contributed by atoms with van der Waals surface area (Å²) in [5.74, 6) is -0.535. The van der Waals surface area contributed by atoms with E-state index in [9.17, 15) is 13.6 Å². The molecule has 1 amide bonds. The number of hydrogen-bond acceptors (Lipinski definition) is 5. The maximum absolute atomic E-state index is 12.3. The third-order valence-corrected chi connectivity index (χ3v) is 3.38. The van der Waals surface area contributed by atoms with E-state index in [-0.39, 0.29) is 11.3 Å². The van der Waals surface area contributed by atoms with Crippen molar-refractivity contribution < 1.29 is 18.3 Å². The van der Waals surface area contributed by atoms with Crippen LogP contribution in [0.5, 0.6) is 5.75 Å². The zero-order chi connectivity index (χ0) is 17.8. The highest BCUT2D eigenvalue weighted by atomic mass is 19.3. The van der Waals surface area contributed by atoms with E-state index in [1.807, 2.05) is 13.0 Å². The Labute approximate surface area is 141 Å². The minimum absolute atomic E-state index is 0.0825. The van der Waals surface area contributed by atoms with Crippen LogP contribution in [0.1, 0.15) is 15.9 Å². The Kier molecular flexibility index (Phi) is 4.64. The molecule has 0 aliphatic rings. The number of nitrogens with one attached hydrogen (secondary N) is 1. The third kappa shape index (κ3) is 3.94. The largest absolute Gasteiger partial charge is 0.435 e. The number of tetrazole rings is 1. The summed E-state index contributed by atoms with van der Waals surface area (Å²) in [5.41, 5.74) is 2.33. The fourth-order valence-electron chi connectivity index (χ4n) is 2.22. The minimum Gasteiger partial charge on any atom is -0.435 e. The second-order valence-corrected chi connectivity index (χ2v) is 5.12. The standard InChI is InChI=1S/C16H13F2N5O2/c1-10-5-6-12(8-14(10)23-9-19-21-22-23)20-15(24)11-3-2-4-13(7-11)25-16(17)18/h2-9,16H,1H3,(H,20,24). The lowest BCUT2D eigenvalue weighted by molar-refractivity contribution is -0.0498. The van der Waals surface area contributed by atoms with Gasteiger partial charge in [-0.2, -0.15) is 8.78 Å². The molecular formula is C16H13F2N5O2. The molecule has 9 heteroatoms. The van der Waals surface area contributed by atoms with Gasteiger partial charge in [0.15, 0.2) is 0 Å². The highest BCUT2D eigenvalue weighted by Crippen LogP contribution is 2.20. The van der Waals surface area contributed by atoms with Crippen molar-refractivity contribution >= 4 is 11.6 Å². The van der Waals surface area contributed by atoms with Gasteiger partial charge in [-0.05, 0) is 53.2 Å². The normalized spacial score (nSPS) is 10.7. The topological polar surface area (TPSA) is 81.9 Å². The smallest absolute Gasteiger partial charge is 0.387 e. The number of aromatic nitrogens is 4. The number of amides is 1. The number of aryl methyl sites for hydroxylation is 1. The fourth-order valence-corrected chi connectivity index (χ4v) is 2.22. The van der Waals surface area contributed by atoms with Crippen molar-refractivity contribution in [2.45, 2.75) is 13.5 Å². The maximum Gasteiger partial charge on any atom is 0.387 e. The van der Waals surface area contributed by atoms with E-state index in [4.69, 9.17) is 0 Å². The molecule has 1 heterocycles. The molecule has 0 atom stereocenters. The molecule has 0 spiro atoms. The summed E-state index contributed by atoms with van der Waals surface area (Å²) in [7, 11) is 0. The number of anilines is 1. The Morgan fingerprint density at radius 2 is 2.08 bits per heavy atom. The Hall–Kier alpha value is -3.36. The van der Waals surface area contributed by atoms with Crippen LogP contribution in [0.4, 0.5) is 14.5 Å². The van der Waals surface area contributed by atoms with Crippen molar-refractivity contribution in [2.75, 3.05) is 5.32 Å². The SMILES string of the molecule is Cc1ccc(NC(=O)c2cccc(OC(F)F)c2)cc1-n1cnnn1. The molecule has 0 saturated heterocycles. The average Bonchev–Trinajstić information content (AvgIpc) is 3.10. The number of benzene rings is 2. The van der Waals surface area contributed by atoms with Gasteiger partial charge in [-0.25, -0.2) is 4.68 Å². The highest BCUT2D eigenvalue weighted by Gasteiger charge is 2.11. The molecule has 0 bridgehead atoms. The molecule has 0 unspecified atom stereocenters. The van der Waals surface area contributed by atoms with E-state index in [2.05, 4.69) is 25.6 Å². The Morgan fingerprint density at radius 3 is 2.80 bits per heavy atom. The van der Waals surface area contributed by atoms with Crippen LogP contribution in [-0.4, -0.2) is 32.7 Å². The van der Waals surface area contributed by atoms with Gasteiger partial charge >= 0.3 is 6.61 Å². The van der Waals surface area contributed by atoms with Gasteiger partial charge in [-0.3, -0.25) is 4.79 Å². The molecule has 1 aromatic heterocycles. The van der Waals surface area contributed by atoms with E-state index in [1.54, 1.807) is 12.1 Å². The van der Waals surface area contributed by atoms with Crippen LogP contribution < -0.4 is 10.1 Å². The molecule has 3 rings (SSSR count). The molecule has 0 saturated carbocycles. The van der Waals surface area contributed by atoms with E-state index < -0.39 is 12.5 Å². The Morgan fingerprint density at radius 1 is 1.24 bits per heavy atom. The van der Waals surface area contributed by atoms with Gasteiger partial charge in [0.1, 0.15) is 12.1 Å². The van der Waals surface area contributed by atoms with Crippen molar-refractivity contribution in [1.29, 1.82) is 0 Å². The number of alkyl halides is 2. The van der Waals surface area contributed by atoms with Crippen molar-refractivity contribution in [1.82, 2.24) is 20.2 Å². The lowest BCUT2D eigenvalue weighted by atomic mass is 10.1. The molecular weight excluding hydrogens is 332 g/mol. The Balaban J connectivity index is 1.81. The van der Waals surface area contributed by atoms with Crippen molar-refractivity contribution in [3.05, 3.63) is 59.9 Å². The van der Waals surface area contributed by atoms with Gasteiger partial charge in [-0.15, -0.1) is 5.10 Å². The van der Waals surface area contributed by atoms with Crippen molar-refractivity contribution in [3.63, 3.8) is 0 Å². The molecule has 0 fully saturated rings. The van der Waals surface area contributed by atoms with Gasteiger partial charge in [0, 0.05) is 11.3 Å². The number of ether oxygens (including phenoxy) is 1. The summed E-state index contributed by atoms with van der Waals surface area (Å²) in [6.07, 6.45) is 1.44. The van der Waals surface area contributed by atoms with E-state index in [0.717, 1.165) is 5.56 Å². The first-order chi connectivity index (χ1) is 12.0. The number of carbonyl (C=O) groups is 1. The fraction of sp³-hybridized carbons (Fsp3) is 0.125. The molecule has 128 valence electrons. The van der Waals surface area contributed by atoms with Gasteiger partial charge < -0.3 is 10.1 Å². The minimum atomic E-state index is -2.95. The molecule has 0 aliphatic heterocycles. The zero-order valence-corrected chi connectivity index (χ0v) is 13.1. The maximum atomic E-state index is 12.3. The van der Waals surface area contributed by atoms with Crippen LogP contribution in [0.15, 0.2) is 48.8 Å². The number of nitrogens with zero attached hydrogens (tertiary/aromatic N) is 4. The van der Waals surface area contributed by atoms with Crippen LogP contribution in [0, 0.1) is 6.92 Å². The number of halogens is 2. The van der Waals surface area contributed by atoms with Crippen LogP contribution in [-0.2, 0) is 0 Å². The second kappa shape index (κ2) is 7.04. The predicted octanol–water partition coefficient (Wildman–Crippen LogP) is 2.82. The summed E-state index contributed by atoms with van der Waals surface area (Å²) in [6.45, 7) is -1.07. The summed E-state index contributed by atoms with van der Waals surface area (Å²) >= 11 is 0. The first kappa shape index (κ1) is 16.5. The number of rotatable bonds is 5. The molecule has 1 N–H and O–H groups in total. The number of hydrogen-bond donors (Lipinski definition) is 1. The monoisotopic (exact) mass is 345 g/mol. The van der Waals surface area contributed by atoms with Gasteiger partial charge in [-0.1, -0.05) is 12.1 Å². The molecule has 25 heavy (non-hydrogen) atoms. The van der Waals surface area contributed by atoms with E-state index >= 15 is 0 Å². The molecule has 0 radical (unpaired) electrons. The van der Waals surface area contributed by atoms with Gasteiger partial charge in [0.2, 0.25) is 0 Å². The van der Waals surface area contributed by atoms with Crippen LogP contribution >= 0.6 is 0 Å². The first-order valence-corrected chi connectivity index (χ1v) is 7.23. The highest BCUT2D eigenvalue weighted by molar-refractivity contribution is 6.04. The lowest BCUT2D eigenvalue weighted by Gasteiger charge is -2.10. The molecule has 7 nitrogen and oxygen atoms in total. The summed E-state index contributed by atoms with van der Waals surface area (Å²) in [6, 6.07) is 10.8. The van der Waals surface area contributed by atoms with Gasteiger partial charge in [0.05, 0.1) is 5.69 Å². The van der Waals surface area contributed by atoms with Gasteiger partial charge in [0.25, 0.3) is 5.91 Å². The summed E-state index contributed by atoms with van der Waals surface area (Å²) in [5, 5.41) is 13.7. The summed E-state index contributed by atoms with van der Waals surface area (Å²) in [4.78, 5) is 12.3. The van der Waals surface area contributed by atoms with Crippen molar-refractivity contribution in [3.8, 4) is 11.4 Å². The van der Waals surface area contributed by atoms with Crippen LogP contribution in [0.3, 0.4) is 0 Å². The first-order valence-electron chi connectivity index (χ1n) is 7.23. The quantitative estimate of drug-likeness (QED) is 0.769. The average molecular weight is 345 g/mol. The predicted molar refractivity (Wildman–Crippen MR) is 84.9 cm³/mol. The molecule has 3 aromatic rings. The van der Waals surface area contributed by atoms with Crippen molar-refractivity contribution in [2.24, 2.45) is 0 Å². The molecule has 2 aromatic carbocycles. The third-order valence-electron chi connectivity index (χ3n) is 3.38.